The molecule has 0 radical (unpaired) electrons. The first-order chi connectivity index (χ1) is 15.1. The molecule has 2 aromatic carbocycles. The van der Waals surface area contributed by atoms with Crippen molar-refractivity contribution in [3.63, 3.8) is 0 Å². The summed E-state index contributed by atoms with van der Waals surface area (Å²) in [5.41, 5.74) is 0.0592. The van der Waals surface area contributed by atoms with Crippen molar-refractivity contribution in [1.29, 1.82) is 0 Å². The molecule has 1 unspecified atom stereocenters. The van der Waals surface area contributed by atoms with Gasteiger partial charge < -0.3 is 10.1 Å². The van der Waals surface area contributed by atoms with Crippen molar-refractivity contribution < 1.29 is 26.7 Å². The van der Waals surface area contributed by atoms with E-state index in [1.165, 1.54) is 30.3 Å². The van der Waals surface area contributed by atoms with Gasteiger partial charge in [0.15, 0.2) is 9.84 Å². The fourth-order valence-electron chi connectivity index (χ4n) is 4.24. The van der Waals surface area contributed by atoms with Gasteiger partial charge in [0.05, 0.1) is 15.7 Å². The van der Waals surface area contributed by atoms with Crippen LogP contribution < -0.4 is 5.32 Å². The van der Waals surface area contributed by atoms with Gasteiger partial charge in [0, 0.05) is 30.9 Å². The fourth-order valence-corrected chi connectivity index (χ4v) is 5.30. The van der Waals surface area contributed by atoms with Crippen molar-refractivity contribution in [2.75, 3.05) is 18.4 Å². The van der Waals surface area contributed by atoms with E-state index in [2.05, 4.69) is 5.32 Å². The van der Waals surface area contributed by atoms with Crippen molar-refractivity contribution >= 4 is 21.4 Å². The summed E-state index contributed by atoms with van der Waals surface area (Å²) in [5, 5.41) is 2.25. The Balaban J connectivity index is 1.31. The number of rotatable bonds is 6. The molecule has 0 bridgehead atoms. The minimum Gasteiger partial charge on any atom is -0.359 e. The van der Waals surface area contributed by atoms with Crippen LogP contribution in [0, 0.1) is 11.6 Å². The molecular formula is C23H26F2N2O4S. The van der Waals surface area contributed by atoms with E-state index in [-0.39, 0.29) is 22.9 Å². The fraction of sp³-hybridized carbons (Fsp3) is 0.435. The number of carbonyl (C=O) groups is 1. The van der Waals surface area contributed by atoms with E-state index < -0.39 is 38.4 Å². The van der Waals surface area contributed by atoms with Crippen LogP contribution in [0.3, 0.4) is 0 Å². The van der Waals surface area contributed by atoms with Gasteiger partial charge in [-0.3, -0.25) is 9.69 Å². The second-order valence-corrected chi connectivity index (χ2v) is 11.3. The van der Waals surface area contributed by atoms with Crippen LogP contribution in [0.1, 0.15) is 32.3 Å². The number of halogens is 2. The van der Waals surface area contributed by atoms with E-state index in [0.717, 1.165) is 0 Å². The van der Waals surface area contributed by atoms with Crippen LogP contribution >= 0.6 is 0 Å². The molecule has 1 amide bonds. The molecule has 2 fully saturated rings. The van der Waals surface area contributed by atoms with Crippen LogP contribution in [0.25, 0.3) is 0 Å². The maximum atomic E-state index is 13.9. The lowest BCUT2D eigenvalue weighted by atomic mass is 9.90. The lowest BCUT2D eigenvalue weighted by molar-refractivity contribution is -0.154. The number of hydrogen-bond donors (Lipinski definition) is 1. The van der Waals surface area contributed by atoms with Crippen molar-refractivity contribution in [2.24, 2.45) is 0 Å². The highest BCUT2D eigenvalue weighted by atomic mass is 32.2. The maximum Gasteiger partial charge on any atom is 0.253 e. The highest BCUT2D eigenvalue weighted by Gasteiger charge is 2.51. The largest absolute Gasteiger partial charge is 0.359 e. The second kappa shape index (κ2) is 8.53. The van der Waals surface area contributed by atoms with Gasteiger partial charge in [-0.05, 0) is 63.1 Å². The van der Waals surface area contributed by atoms with Gasteiger partial charge in [-0.15, -0.1) is 0 Å². The summed E-state index contributed by atoms with van der Waals surface area (Å²) in [4.78, 5) is 14.7. The monoisotopic (exact) mass is 464 g/mol. The average Bonchev–Trinajstić information content (AvgIpc) is 3.16. The number of ether oxygens (including phenoxy) is 1. The van der Waals surface area contributed by atoms with E-state index in [0.29, 0.717) is 31.6 Å². The van der Waals surface area contributed by atoms with E-state index in [1.54, 1.807) is 26.0 Å². The van der Waals surface area contributed by atoms with E-state index in [1.807, 2.05) is 4.90 Å². The first kappa shape index (κ1) is 22.8. The van der Waals surface area contributed by atoms with Gasteiger partial charge in [-0.2, -0.15) is 0 Å². The number of amides is 1. The molecule has 1 spiro atoms. The molecule has 32 heavy (non-hydrogen) atoms. The van der Waals surface area contributed by atoms with Crippen molar-refractivity contribution in [2.45, 2.75) is 55.1 Å². The molecule has 2 aliphatic rings. The molecule has 2 heterocycles. The van der Waals surface area contributed by atoms with Gasteiger partial charge >= 0.3 is 0 Å². The Morgan fingerprint density at radius 3 is 2.38 bits per heavy atom. The Morgan fingerprint density at radius 2 is 1.78 bits per heavy atom. The van der Waals surface area contributed by atoms with Crippen molar-refractivity contribution in [1.82, 2.24) is 4.90 Å². The molecule has 4 rings (SSSR count). The second-order valence-electron chi connectivity index (χ2n) is 8.78. The summed E-state index contributed by atoms with van der Waals surface area (Å²) in [5.74, 6) is -1.43. The number of nitrogens with one attached hydrogen (secondary N) is 1. The average molecular weight is 465 g/mol. The zero-order valence-electron chi connectivity index (χ0n) is 18.0. The lowest BCUT2D eigenvalue weighted by Gasteiger charge is -2.47. The highest BCUT2D eigenvalue weighted by molar-refractivity contribution is 7.92. The SMILES string of the molecule is CC(C)S(=O)(=O)c1ccc(NC(=O)C2CCC3(CN(Cc4c(F)cccc4F)C3)O2)cc1. The predicted molar refractivity (Wildman–Crippen MR) is 116 cm³/mol. The van der Waals surface area contributed by atoms with Gasteiger partial charge in [-0.25, -0.2) is 17.2 Å². The third kappa shape index (κ3) is 4.42. The Labute approximate surface area is 186 Å². The first-order valence-corrected chi connectivity index (χ1v) is 12.1. The summed E-state index contributed by atoms with van der Waals surface area (Å²) in [6.07, 6.45) is 0.613. The number of nitrogens with zero attached hydrogens (tertiary/aromatic N) is 1. The number of sulfone groups is 1. The van der Waals surface area contributed by atoms with Gasteiger partial charge in [0.1, 0.15) is 17.7 Å². The molecule has 172 valence electrons. The van der Waals surface area contributed by atoms with Crippen LogP contribution in [-0.4, -0.2) is 49.3 Å². The summed E-state index contributed by atoms with van der Waals surface area (Å²) < 4.78 is 58.2. The van der Waals surface area contributed by atoms with Gasteiger partial charge in [0.25, 0.3) is 5.91 Å². The summed E-state index contributed by atoms with van der Waals surface area (Å²) in [7, 11) is -3.37. The Hall–Kier alpha value is -2.36. The van der Waals surface area contributed by atoms with Crippen molar-refractivity contribution in [3.8, 4) is 0 Å². The lowest BCUT2D eigenvalue weighted by Crippen LogP contribution is -2.61. The molecular weight excluding hydrogens is 438 g/mol. The number of anilines is 1. The smallest absolute Gasteiger partial charge is 0.253 e. The van der Waals surface area contributed by atoms with E-state index in [4.69, 9.17) is 4.74 Å². The number of hydrogen-bond acceptors (Lipinski definition) is 5. The van der Waals surface area contributed by atoms with Crippen LogP contribution in [0.5, 0.6) is 0 Å². The summed E-state index contributed by atoms with van der Waals surface area (Å²) >= 11 is 0. The van der Waals surface area contributed by atoms with Gasteiger partial charge in [-0.1, -0.05) is 6.07 Å². The van der Waals surface area contributed by atoms with E-state index >= 15 is 0 Å². The summed E-state index contributed by atoms with van der Waals surface area (Å²) in [6.45, 7) is 4.41. The Morgan fingerprint density at radius 1 is 1.16 bits per heavy atom. The minimum absolute atomic E-state index is 0.0394. The normalized spacial score (nSPS) is 20.5. The zero-order chi connectivity index (χ0) is 23.1. The van der Waals surface area contributed by atoms with Gasteiger partial charge in [0.2, 0.25) is 0 Å². The molecule has 1 atom stereocenters. The zero-order valence-corrected chi connectivity index (χ0v) is 18.8. The highest BCUT2D eigenvalue weighted by Crippen LogP contribution is 2.39. The standard InChI is InChI=1S/C23H26F2N2O4S/c1-15(2)32(29,30)17-8-6-16(7-9-17)26-22(28)21-10-11-23(31-21)13-27(14-23)12-18-19(24)4-3-5-20(18)25/h3-9,15,21H,10-14H2,1-2H3,(H,26,28). The third-order valence-corrected chi connectivity index (χ3v) is 8.26. The molecule has 2 aliphatic heterocycles. The molecule has 1 N–H and O–H groups in total. The first-order valence-electron chi connectivity index (χ1n) is 10.6. The molecule has 0 aromatic heterocycles. The molecule has 0 saturated carbocycles. The maximum absolute atomic E-state index is 13.9. The Kier molecular flexibility index (Phi) is 6.08. The topological polar surface area (TPSA) is 75.7 Å². The minimum atomic E-state index is -3.37. The Bertz CT molecular complexity index is 1090. The molecule has 9 heteroatoms. The van der Waals surface area contributed by atoms with Crippen LogP contribution in [0.15, 0.2) is 47.4 Å². The molecule has 0 aliphatic carbocycles. The van der Waals surface area contributed by atoms with E-state index in [9.17, 15) is 22.0 Å². The predicted octanol–water partition coefficient (Wildman–Crippen LogP) is 3.52. The number of benzene rings is 2. The van der Waals surface area contributed by atoms with Crippen molar-refractivity contribution in [3.05, 3.63) is 59.7 Å². The molecule has 2 aromatic rings. The quantitative estimate of drug-likeness (QED) is 0.708. The summed E-state index contributed by atoms with van der Waals surface area (Å²) in [6, 6.07) is 9.90. The van der Waals surface area contributed by atoms with Crippen LogP contribution in [-0.2, 0) is 25.9 Å². The number of carbonyl (C=O) groups excluding carboxylic acids is 1. The number of likely N-dealkylation sites (tertiary alicyclic amines) is 1. The molecule has 6 nitrogen and oxygen atoms in total. The molecule has 2 saturated heterocycles. The van der Waals surface area contributed by atoms with Crippen LogP contribution in [0.4, 0.5) is 14.5 Å². The third-order valence-electron chi connectivity index (χ3n) is 6.08. The van der Waals surface area contributed by atoms with Crippen LogP contribution in [0.2, 0.25) is 0 Å².